The van der Waals surface area contributed by atoms with Crippen molar-refractivity contribution >= 4 is 78.1 Å². The first kappa shape index (κ1) is 51.9. The highest BCUT2D eigenvalue weighted by atomic mass is 15.0. The van der Waals surface area contributed by atoms with Crippen LogP contribution in [0.4, 0.5) is 0 Å². The molecule has 2 atom stereocenters. The van der Waals surface area contributed by atoms with Crippen molar-refractivity contribution in [1.29, 1.82) is 21.0 Å². The molecule has 9 aromatic rings. The molecule has 0 N–H and O–H groups in total. The molecule has 0 saturated carbocycles. The van der Waals surface area contributed by atoms with Crippen LogP contribution in [0.3, 0.4) is 0 Å². The normalized spacial score (nSPS) is 12.6. The van der Waals surface area contributed by atoms with E-state index >= 15 is 0 Å². The lowest BCUT2D eigenvalue weighted by molar-refractivity contribution is 0.401. The van der Waals surface area contributed by atoms with E-state index in [4.69, 9.17) is 0 Å². The molecule has 0 fully saturated rings. The third-order valence-electron chi connectivity index (χ3n) is 15.5. The summed E-state index contributed by atoms with van der Waals surface area (Å²) in [6, 6.07) is 59.5. The van der Waals surface area contributed by atoms with E-state index in [9.17, 15) is 21.0 Å². The predicted molar refractivity (Wildman–Crippen MR) is 319 cm³/mol. The second-order valence-corrected chi connectivity index (χ2v) is 20.3. The van der Waals surface area contributed by atoms with E-state index in [2.05, 4.69) is 171 Å². The molecule has 0 aliphatic heterocycles. The Kier molecular flexibility index (Phi) is 16.1. The first-order chi connectivity index (χ1) is 37.1. The van der Waals surface area contributed by atoms with Crippen LogP contribution in [-0.4, -0.2) is 9.13 Å². The molecule has 7 aromatic carbocycles. The number of fused-ring (bicyclic) bond motifs is 6. The molecular weight excluding hydrogens is 925 g/mol. The van der Waals surface area contributed by atoms with Crippen LogP contribution in [-0.2, 0) is 13.1 Å². The van der Waals surface area contributed by atoms with Crippen LogP contribution in [0.5, 0.6) is 0 Å². The van der Waals surface area contributed by atoms with Crippen LogP contribution < -0.4 is 0 Å². The van der Waals surface area contributed by atoms with E-state index in [0.29, 0.717) is 34.1 Å². The summed E-state index contributed by atoms with van der Waals surface area (Å²) in [5, 5.41) is 44.7. The van der Waals surface area contributed by atoms with Crippen LogP contribution in [0.1, 0.15) is 112 Å². The minimum atomic E-state index is 0.444. The highest BCUT2D eigenvalue weighted by Gasteiger charge is 2.19. The number of unbranched alkanes of at least 4 members (excludes halogenated alkanes) is 2. The van der Waals surface area contributed by atoms with Crippen molar-refractivity contribution in [1.82, 2.24) is 9.13 Å². The Hall–Kier alpha value is -8.94. The lowest BCUT2D eigenvalue weighted by Gasteiger charge is -2.17. The summed E-state index contributed by atoms with van der Waals surface area (Å²) in [6.07, 6.45) is 13.3. The first-order valence-electron chi connectivity index (χ1n) is 27.0. The summed E-state index contributed by atoms with van der Waals surface area (Å²) in [4.78, 5) is 0. The molecular formula is C70H64N6. The molecule has 0 aliphatic rings. The molecule has 2 unspecified atom stereocenters. The largest absolute Gasteiger partial charge is 0.340 e. The number of nitriles is 4. The van der Waals surface area contributed by atoms with Crippen molar-refractivity contribution in [2.24, 2.45) is 11.8 Å². The highest BCUT2D eigenvalue weighted by Crippen LogP contribution is 2.38. The van der Waals surface area contributed by atoms with Crippen molar-refractivity contribution in [3.05, 3.63) is 192 Å². The summed E-state index contributed by atoms with van der Waals surface area (Å²) in [7, 11) is 0. The quantitative estimate of drug-likeness (QED) is 0.0560. The van der Waals surface area contributed by atoms with Gasteiger partial charge in [0, 0.05) is 56.7 Å². The molecule has 6 nitrogen and oxygen atoms in total. The molecule has 76 heavy (non-hydrogen) atoms. The van der Waals surface area contributed by atoms with Crippen LogP contribution in [0.15, 0.2) is 159 Å². The first-order valence-corrected chi connectivity index (χ1v) is 27.0. The number of aromatic nitrogens is 2. The maximum Gasteiger partial charge on any atom is 0.0998 e. The second-order valence-electron chi connectivity index (χ2n) is 20.3. The Bertz CT molecular complexity index is 3630. The zero-order chi connectivity index (χ0) is 53.3. The van der Waals surface area contributed by atoms with E-state index in [1.807, 2.05) is 60.7 Å². The number of rotatable bonds is 20. The predicted octanol–water partition coefficient (Wildman–Crippen LogP) is 18.9. The highest BCUT2D eigenvalue weighted by molar-refractivity contribution is 6.12. The topological polar surface area (TPSA) is 105 Å². The van der Waals surface area contributed by atoms with Gasteiger partial charge in [-0.15, -0.1) is 0 Å². The van der Waals surface area contributed by atoms with E-state index in [0.717, 1.165) is 103 Å². The zero-order valence-electron chi connectivity index (χ0n) is 44.3. The lowest BCUT2D eigenvalue weighted by Crippen LogP contribution is -2.10. The third kappa shape index (κ3) is 10.8. The molecule has 2 aromatic heterocycles. The van der Waals surface area contributed by atoms with E-state index in [1.54, 1.807) is 0 Å². The van der Waals surface area contributed by atoms with Crippen LogP contribution in [0.25, 0.3) is 100 Å². The fraction of sp³-hybridized carbons (Fsp3) is 0.229. The number of nitrogens with zero attached hydrogens (tertiary/aromatic N) is 6. The summed E-state index contributed by atoms with van der Waals surface area (Å²) in [5.41, 5.74) is 16.0. The standard InChI is InChI=1S/C70H64N6/c1-7-11-13-49(9-3)45-75-67-31-15-51(37-63(67)65-39-59(29-33-69(65)75)55-21-17-53(18-22-55)47(5)41-71)35-61(43-73)57-25-27-58(28-26-57)62(44-74)36-52-16-32-68-64(38-52)66-40-60(56-23-19-54(20-24-56)48(6)42-72)30-34-70(66)76(68)46-50(10-4)14-12-8-2/h15-40,49-50H,5-14,45-46H2,1-4H3/b61-35+,62-36+. The molecule has 6 heteroatoms. The molecule has 0 bridgehead atoms. The van der Waals surface area contributed by atoms with Gasteiger partial charge in [-0.1, -0.05) is 176 Å². The summed E-state index contributed by atoms with van der Waals surface area (Å²) in [5.74, 6) is 1.11. The molecule has 9 rings (SSSR count). The minimum Gasteiger partial charge on any atom is -0.340 e. The van der Waals surface area contributed by atoms with Crippen molar-refractivity contribution < 1.29 is 0 Å². The Morgan fingerprint density at radius 1 is 0.421 bits per heavy atom. The van der Waals surface area contributed by atoms with Gasteiger partial charge in [-0.25, -0.2) is 0 Å². The van der Waals surface area contributed by atoms with Gasteiger partial charge in [-0.3, -0.25) is 0 Å². The van der Waals surface area contributed by atoms with Gasteiger partial charge in [0.05, 0.1) is 46.6 Å². The summed E-state index contributed by atoms with van der Waals surface area (Å²) in [6.45, 7) is 18.7. The van der Waals surface area contributed by atoms with Gasteiger partial charge >= 0.3 is 0 Å². The number of hydrogen-bond acceptors (Lipinski definition) is 4. The number of allylic oxidation sites excluding steroid dienone is 4. The van der Waals surface area contributed by atoms with Gasteiger partial charge in [-0.2, -0.15) is 21.0 Å². The monoisotopic (exact) mass is 989 g/mol. The molecule has 0 radical (unpaired) electrons. The Balaban J connectivity index is 1.05. The van der Waals surface area contributed by atoms with Crippen molar-refractivity contribution in [2.75, 3.05) is 0 Å². The average molecular weight is 989 g/mol. The smallest absolute Gasteiger partial charge is 0.0998 e. The molecule has 0 aliphatic carbocycles. The molecule has 0 spiro atoms. The summed E-state index contributed by atoms with van der Waals surface area (Å²) < 4.78 is 4.97. The fourth-order valence-electron chi connectivity index (χ4n) is 10.9. The van der Waals surface area contributed by atoms with Gasteiger partial charge in [0.15, 0.2) is 0 Å². The van der Waals surface area contributed by atoms with E-state index < -0.39 is 0 Å². The van der Waals surface area contributed by atoms with Crippen molar-refractivity contribution in [2.45, 2.75) is 92.2 Å². The Morgan fingerprint density at radius 2 is 0.750 bits per heavy atom. The maximum atomic E-state index is 10.6. The van der Waals surface area contributed by atoms with Crippen LogP contribution >= 0.6 is 0 Å². The maximum absolute atomic E-state index is 10.6. The average Bonchev–Trinajstić information content (AvgIpc) is 3.94. The summed E-state index contributed by atoms with van der Waals surface area (Å²) >= 11 is 0. The molecule has 0 saturated heterocycles. The SMILES string of the molecule is C=C(C#N)c1ccc(-c2ccc3c(c2)c2cc(/C=C(\C#N)c4ccc(/C(C#N)=C/c5ccc6c(c5)c5cc(-c7ccc(C(=C)C#N)cc7)ccc5n6CC(CC)CCCC)cc4)ccc2n3CC(CC)CCCC)cc1. The molecule has 0 amide bonds. The van der Waals surface area contributed by atoms with Crippen LogP contribution in [0.2, 0.25) is 0 Å². The van der Waals surface area contributed by atoms with Gasteiger partial charge < -0.3 is 9.13 Å². The third-order valence-corrected chi connectivity index (χ3v) is 15.5. The molecule has 374 valence electrons. The van der Waals surface area contributed by atoms with Crippen LogP contribution in [0, 0.1) is 57.2 Å². The van der Waals surface area contributed by atoms with E-state index in [-0.39, 0.29) is 0 Å². The minimum absolute atomic E-state index is 0.444. The second kappa shape index (κ2) is 23.5. The van der Waals surface area contributed by atoms with Gasteiger partial charge in [0.1, 0.15) is 0 Å². The van der Waals surface area contributed by atoms with Gasteiger partial charge in [0.2, 0.25) is 0 Å². The fourth-order valence-corrected chi connectivity index (χ4v) is 10.9. The van der Waals surface area contributed by atoms with Gasteiger partial charge in [0.25, 0.3) is 0 Å². The number of hydrogen-bond donors (Lipinski definition) is 0. The zero-order valence-corrected chi connectivity index (χ0v) is 44.3. The molecule has 2 heterocycles. The lowest BCUT2D eigenvalue weighted by atomic mass is 9.97. The van der Waals surface area contributed by atoms with Crippen molar-refractivity contribution in [3.8, 4) is 46.5 Å². The Morgan fingerprint density at radius 3 is 1.08 bits per heavy atom. The van der Waals surface area contributed by atoms with Crippen molar-refractivity contribution in [3.63, 3.8) is 0 Å². The number of benzene rings is 7. The Labute approximate surface area is 448 Å². The van der Waals surface area contributed by atoms with Gasteiger partial charge in [-0.05, 0) is 141 Å². The van der Waals surface area contributed by atoms with E-state index in [1.165, 1.54) is 60.6 Å².